The van der Waals surface area contributed by atoms with Crippen LogP contribution < -0.4 is 15.5 Å². The number of halogens is 1. The number of hydrogen-bond donors (Lipinski definition) is 0. The molecular formula is C35H40FN7O2. The number of hydrogen-bond acceptors (Lipinski definition) is 7. The quantitative estimate of drug-likeness (QED) is 0.386. The maximum atomic E-state index is 14.2. The molecule has 1 aromatic heterocycles. The zero-order valence-corrected chi connectivity index (χ0v) is 26.1. The van der Waals surface area contributed by atoms with Crippen LogP contribution in [-0.4, -0.2) is 77.1 Å². The minimum atomic E-state index is -1.03. The average Bonchev–Trinajstić information content (AvgIpc) is 3.70. The van der Waals surface area contributed by atoms with Gasteiger partial charge in [0.15, 0.2) is 5.83 Å². The Hall–Kier alpha value is -4.23. The van der Waals surface area contributed by atoms with Gasteiger partial charge < -0.3 is 19.6 Å². The second-order valence-corrected chi connectivity index (χ2v) is 13.2. The minimum Gasteiger partial charge on any atom is -0.359 e. The molecule has 2 aromatic carbocycles. The normalized spacial score (nSPS) is 22.5. The molecule has 3 aliphatic heterocycles. The van der Waals surface area contributed by atoms with E-state index in [1.54, 1.807) is 0 Å². The first-order chi connectivity index (χ1) is 21.7. The highest BCUT2D eigenvalue weighted by Gasteiger charge is 2.56. The summed E-state index contributed by atoms with van der Waals surface area (Å²) in [6.07, 6.45) is 4.83. The van der Waals surface area contributed by atoms with Crippen LogP contribution >= 0.6 is 0 Å². The highest BCUT2D eigenvalue weighted by Crippen LogP contribution is 2.57. The summed E-state index contributed by atoms with van der Waals surface area (Å²) in [6, 6.07) is 14.8. The SMILES string of the molecule is C=C(F)C(=O)N1CCN(c2nc(=O)n(C[C@@H]3CCCN3C)c3c2CCN(c2cccc4cccc(C)c24)C32CC2)C[C@@H]1CC#N. The lowest BCUT2D eigenvalue weighted by molar-refractivity contribution is -0.131. The maximum absolute atomic E-state index is 14.2. The van der Waals surface area contributed by atoms with E-state index in [1.807, 2.05) is 9.47 Å². The molecule has 234 valence electrons. The number of fused-ring (bicyclic) bond motifs is 3. The summed E-state index contributed by atoms with van der Waals surface area (Å²) in [5.41, 5.74) is 4.04. The number of piperazine rings is 1. The van der Waals surface area contributed by atoms with Crippen molar-refractivity contribution in [3.63, 3.8) is 0 Å². The Labute approximate surface area is 263 Å². The van der Waals surface area contributed by atoms with E-state index in [1.165, 1.54) is 26.9 Å². The highest BCUT2D eigenvalue weighted by atomic mass is 19.1. The Bertz CT molecular complexity index is 1790. The summed E-state index contributed by atoms with van der Waals surface area (Å²) in [7, 11) is 2.14. The van der Waals surface area contributed by atoms with Crippen LogP contribution in [0.4, 0.5) is 15.9 Å². The first kappa shape index (κ1) is 29.5. The van der Waals surface area contributed by atoms with Crippen LogP contribution in [0.3, 0.4) is 0 Å². The lowest BCUT2D eigenvalue weighted by Gasteiger charge is -2.45. The van der Waals surface area contributed by atoms with Crippen LogP contribution in [0.15, 0.2) is 53.6 Å². The Morgan fingerprint density at radius 3 is 2.60 bits per heavy atom. The van der Waals surface area contributed by atoms with Gasteiger partial charge in [0.2, 0.25) is 0 Å². The number of amides is 1. The summed E-state index contributed by atoms with van der Waals surface area (Å²) in [5.74, 6) is -1.15. The molecule has 3 fully saturated rings. The second kappa shape index (κ2) is 11.3. The van der Waals surface area contributed by atoms with Gasteiger partial charge in [-0.2, -0.15) is 10.2 Å². The smallest absolute Gasteiger partial charge is 0.349 e. The zero-order chi connectivity index (χ0) is 31.5. The van der Waals surface area contributed by atoms with Gasteiger partial charge in [0.25, 0.3) is 5.91 Å². The third-order valence-electron chi connectivity index (χ3n) is 10.6. The summed E-state index contributed by atoms with van der Waals surface area (Å²) < 4.78 is 15.8. The fraction of sp³-hybridized carbons (Fsp3) is 0.486. The van der Waals surface area contributed by atoms with E-state index in [0.29, 0.717) is 31.9 Å². The monoisotopic (exact) mass is 609 g/mol. The molecule has 4 heterocycles. The van der Waals surface area contributed by atoms with Crippen molar-refractivity contribution in [2.75, 3.05) is 49.6 Å². The number of aromatic nitrogens is 2. The van der Waals surface area contributed by atoms with Crippen LogP contribution in [0, 0.1) is 18.3 Å². The average molecular weight is 610 g/mol. The Morgan fingerprint density at radius 2 is 1.91 bits per heavy atom. The molecule has 1 aliphatic carbocycles. The van der Waals surface area contributed by atoms with E-state index < -0.39 is 17.8 Å². The van der Waals surface area contributed by atoms with Crippen molar-refractivity contribution in [3.05, 3.63) is 76.1 Å². The van der Waals surface area contributed by atoms with Gasteiger partial charge in [0, 0.05) is 55.4 Å². The van der Waals surface area contributed by atoms with E-state index >= 15 is 0 Å². The van der Waals surface area contributed by atoms with Gasteiger partial charge >= 0.3 is 5.69 Å². The number of carbonyl (C=O) groups excluding carboxylic acids is 1. The van der Waals surface area contributed by atoms with E-state index in [9.17, 15) is 19.2 Å². The van der Waals surface area contributed by atoms with Gasteiger partial charge in [-0.25, -0.2) is 9.18 Å². The van der Waals surface area contributed by atoms with Crippen LogP contribution in [0.1, 0.15) is 48.9 Å². The summed E-state index contributed by atoms with van der Waals surface area (Å²) >= 11 is 0. The van der Waals surface area contributed by atoms with Gasteiger partial charge in [-0.05, 0) is 69.6 Å². The topological polar surface area (TPSA) is 88.7 Å². The number of nitriles is 1. The molecule has 0 bridgehead atoms. The first-order valence-corrected chi connectivity index (χ1v) is 16.1. The molecule has 9 nitrogen and oxygen atoms in total. The predicted molar refractivity (Wildman–Crippen MR) is 173 cm³/mol. The van der Waals surface area contributed by atoms with Crippen LogP contribution in [0.2, 0.25) is 0 Å². The van der Waals surface area contributed by atoms with Crippen molar-refractivity contribution in [2.24, 2.45) is 0 Å². The second-order valence-electron chi connectivity index (χ2n) is 13.2. The molecule has 1 saturated carbocycles. The van der Waals surface area contributed by atoms with Gasteiger partial charge in [-0.15, -0.1) is 0 Å². The van der Waals surface area contributed by atoms with Gasteiger partial charge in [-0.1, -0.05) is 36.9 Å². The molecule has 3 aromatic rings. The van der Waals surface area contributed by atoms with E-state index in [0.717, 1.165) is 50.0 Å². The van der Waals surface area contributed by atoms with Crippen molar-refractivity contribution in [1.82, 2.24) is 19.4 Å². The number of benzene rings is 2. The molecule has 45 heavy (non-hydrogen) atoms. The molecule has 1 amide bonds. The molecule has 2 saturated heterocycles. The Morgan fingerprint density at radius 1 is 1.13 bits per heavy atom. The minimum absolute atomic E-state index is 0.0565. The number of carbonyl (C=O) groups is 1. The molecule has 1 spiro atoms. The summed E-state index contributed by atoms with van der Waals surface area (Å²) in [4.78, 5) is 39.8. The summed E-state index contributed by atoms with van der Waals surface area (Å²) in [5, 5.41) is 12.0. The molecular weight excluding hydrogens is 569 g/mol. The van der Waals surface area contributed by atoms with Gasteiger partial charge in [0.1, 0.15) is 5.82 Å². The maximum Gasteiger partial charge on any atom is 0.349 e. The first-order valence-electron chi connectivity index (χ1n) is 16.1. The molecule has 7 rings (SSSR count). The third kappa shape index (κ3) is 4.88. The molecule has 0 N–H and O–H groups in total. The highest BCUT2D eigenvalue weighted by molar-refractivity contribution is 5.97. The number of rotatable bonds is 6. The fourth-order valence-corrected chi connectivity index (χ4v) is 8.22. The predicted octanol–water partition coefficient (Wildman–Crippen LogP) is 4.27. The molecule has 4 aliphatic rings. The molecule has 2 atom stereocenters. The Kier molecular flexibility index (Phi) is 7.40. The van der Waals surface area contributed by atoms with Crippen LogP contribution in [-0.2, 0) is 23.3 Å². The lowest BCUT2D eigenvalue weighted by atomic mass is 9.92. The van der Waals surface area contributed by atoms with Crippen molar-refractivity contribution in [2.45, 2.75) is 69.6 Å². The van der Waals surface area contributed by atoms with E-state index in [-0.39, 0.29) is 30.2 Å². The number of anilines is 2. The standard InChI is InChI=1S/C35H40FN7O2/c1-23-7-4-8-25-9-5-11-29(30(23)25)43-18-13-28-31(35(43)14-15-35)42(22-26-10-6-17-39(26)3)34(45)38-32(28)40-19-20-41(33(44)24(2)36)27(21-40)12-16-37/h4-5,7-9,11,26-27H,2,6,10,12-15,17-22H2,1,3H3/t26-,27-/m0/s1. The van der Waals surface area contributed by atoms with Crippen LogP contribution in [0.5, 0.6) is 0 Å². The van der Waals surface area contributed by atoms with Gasteiger partial charge in [-0.3, -0.25) is 9.36 Å². The number of aryl methyl sites for hydroxylation is 1. The lowest BCUT2D eigenvalue weighted by Crippen LogP contribution is -2.56. The summed E-state index contributed by atoms with van der Waals surface area (Å²) in [6.45, 7) is 8.70. The fourth-order valence-electron chi connectivity index (χ4n) is 8.22. The number of likely N-dealkylation sites (tertiary alicyclic amines) is 1. The van der Waals surface area contributed by atoms with Crippen molar-refractivity contribution < 1.29 is 9.18 Å². The largest absolute Gasteiger partial charge is 0.359 e. The van der Waals surface area contributed by atoms with Crippen LogP contribution in [0.25, 0.3) is 10.8 Å². The van der Waals surface area contributed by atoms with E-state index in [4.69, 9.17) is 4.98 Å². The Balaban J connectivity index is 1.35. The van der Waals surface area contributed by atoms with E-state index in [2.05, 4.69) is 72.8 Å². The van der Waals surface area contributed by atoms with Crippen molar-refractivity contribution in [1.29, 1.82) is 5.26 Å². The van der Waals surface area contributed by atoms with Gasteiger partial charge in [0.05, 0.1) is 29.8 Å². The number of likely N-dealkylation sites (N-methyl/N-ethyl adjacent to an activating group) is 1. The molecule has 0 radical (unpaired) electrons. The third-order valence-corrected chi connectivity index (χ3v) is 10.6. The molecule has 0 unspecified atom stereocenters. The van der Waals surface area contributed by atoms with Crippen molar-refractivity contribution >= 4 is 28.2 Å². The number of nitrogens with zero attached hydrogens (tertiary/aromatic N) is 7. The zero-order valence-electron chi connectivity index (χ0n) is 26.1. The van der Waals surface area contributed by atoms with Crippen molar-refractivity contribution in [3.8, 4) is 6.07 Å². The molecule has 10 heteroatoms.